The topological polar surface area (TPSA) is 155 Å². The first-order valence-electron chi connectivity index (χ1n) is 10.8. The summed E-state index contributed by atoms with van der Waals surface area (Å²) in [6.45, 7) is 0.475. The zero-order chi connectivity index (χ0) is 24.2. The van der Waals surface area contributed by atoms with Crippen molar-refractivity contribution < 1.29 is 23.8 Å². The number of hydrogen-bond acceptors (Lipinski definition) is 7. The number of primary amides is 1. The number of aryl methyl sites for hydroxylation is 1. The quantitative estimate of drug-likeness (QED) is 0.169. The van der Waals surface area contributed by atoms with Gasteiger partial charge in [0.2, 0.25) is 5.91 Å². The van der Waals surface area contributed by atoms with E-state index in [0.717, 1.165) is 12.0 Å². The Morgan fingerprint density at radius 1 is 0.941 bits per heavy atom. The average molecular weight is 460 g/mol. The standard InChI is InChI=1S/C26H25N3O5/c27-19-12-16(13-20(28)26(19)32)25(31)24-18-7-6-17(33-11-10-15-4-2-1-3-5-15)14-22(18)34-21(24)8-9-23(29)30/h1-7,12-14,32H,8-11,27-28H2,(H2,29,30). The van der Waals surface area contributed by atoms with Crippen molar-refractivity contribution in [1.29, 1.82) is 0 Å². The largest absolute Gasteiger partial charge is 0.504 e. The summed E-state index contributed by atoms with van der Waals surface area (Å²) in [5.41, 5.74) is 19.0. The van der Waals surface area contributed by atoms with Gasteiger partial charge in [-0.3, -0.25) is 9.59 Å². The van der Waals surface area contributed by atoms with Crippen molar-refractivity contribution in [1.82, 2.24) is 0 Å². The SMILES string of the molecule is NC(=O)CCc1oc2cc(OCCc3ccccc3)ccc2c1C(=O)c1cc(N)c(O)c(N)c1. The highest BCUT2D eigenvalue weighted by Gasteiger charge is 2.24. The van der Waals surface area contributed by atoms with Gasteiger partial charge in [0.25, 0.3) is 0 Å². The van der Waals surface area contributed by atoms with Crippen LogP contribution in [0.5, 0.6) is 11.5 Å². The van der Waals surface area contributed by atoms with Gasteiger partial charge >= 0.3 is 0 Å². The highest BCUT2D eigenvalue weighted by atomic mass is 16.5. The van der Waals surface area contributed by atoms with Gasteiger partial charge in [-0.2, -0.15) is 0 Å². The number of nitrogen functional groups attached to an aromatic ring is 2. The monoisotopic (exact) mass is 459 g/mol. The molecule has 1 aromatic heterocycles. The first kappa shape index (κ1) is 22.7. The fraction of sp³-hybridized carbons (Fsp3) is 0.154. The van der Waals surface area contributed by atoms with Crippen LogP contribution in [0.4, 0.5) is 11.4 Å². The predicted molar refractivity (Wildman–Crippen MR) is 130 cm³/mol. The Bertz CT molecular complexity index is 1340. The maximum atomic E-state index is 13.4. The Kier molecular flexibility index (Phi) is 6.40. The Morgan fingerprint density at radius 3 is 2.32 bits per heavy atom. The van der Waals surface area contributed by atoms with E-state index in [0.29, 0.717) is 29.1 Å². The van der Waals surface area contributed by atoms with Gasteiger partial charge in [0.1, 0.15) is 17.1 Å². The summed E-state index contributed by atoms with van der Waals surface area (Å²) in [5, 5.41) is 10.4. The van der Waals surface area contributed by atoms with Crippen LogP contribution >= 0.6 is 0 Å². The van der Waals surface area contributed by atoms with Crippen molar-refractivity contribution >= 4 is 34.0 Å². The minimum atomic E-state index is -0.512. The molecule has 7 N–H and O–H groups in total. The molecule has 0 saturated heterocycles. The van der Waals surface area contributed by atoms with Gasteiger partial charge in [-0.1, -0.05) is 30.3 Å². The van der Waals surface area contributed by atoms with Crippen LogP contribution in [0.2, 0.25) is 0 Å². The second-order valence-corrected chi connectivity index (χ2v) is 7.94. The smallest absolute Gasteiger partial charge is 0.217 e. The van der Waals surface area contributed by atoms with Crippen LogP contribution in [0, 0.1) is 0 Å². The Balaban J connectivity index is 1.66. The van der Waals surface area contributed by atoms with Gasteiger partial charge in [-0.15, -0.1) is 0 Å². The van der Waals surface area contributed by atoms with Crippen molar-refractivity contribution in [3.05, 3.63) is 83.1 Å². The molecule has 4 aromatic rings. The molecule has 34 heavy (non-hydrogen) atoms. The van der Waals surface area contributed by atoms with Gasteiger partial charge in [0, 0.05) is 36.3 Å². The minimum absolute atomic E-state index is 0.0102. The molecule has 8 nitrogen and oxygen atoms in total. The lowest BCUT2D eigenvalue weighted by Gasteiger charge is -2.08. The molecular formula is C26H25N3O5. The number of phenolic OH excluding ortho intramolecular Hbond substituents is 1. The average Bonchev–Trinajstić information content (AvgIpc) is 3.18. The first-order valence-corrected chi connectivity index (χ1v) is 10.8. The van der Waals surface area contributed by atoms with Crippen LogP contribution in [0.3, 0.4) is 0 Å². The van der Waals surface area contributed by atoms with Crippen molar-refractivity contribution in [2.75, 3.05) is 18.1 Å². The molecule has 0 radical (unpaired) electrons. The summed E-state index contributed by atoms with van der Waals surface area (Å²) >= 11 is 0. The van der Waals surface area contributed by atoms with Crippen molar-refractivity contribution in [2.45, 2.75) is 19.3 Å². The third-order valence-corrected chi connectivity index (χ3v) is 5.49. The number of phenols is 1. The molecule has 0 saturated carbocycles. The molecule has 4 rings (SSSR count). The summed E-state index contributed by atoms with van der Waals surface area (Å²) in [7, 11) is 0. The lowest BCUT2D eigenvalue weighted by atomic mass is 9.97. The number of hydrogen-bond donors (Lipinski definition) is 4. The summed E-state index contributed by atoms with van der Waals surface area (Å²) in [5.74, 6) is -0.266. The maximum Gasteiger partial charge on any atom is 0.217 e. The van der Waals surface area contributed by atoms with E-state index < -0.39 is 11.7 Å². The van der Waals surface area contributed by atoms with E-state index in [1.54, 1.807) is 18.2 Å². The molecule has 0 aliphatic rings. The molecule has 1 amide bonds. The number of rotatable bonds is 9. The van der Waals surface area contributed by atoms with E-state index in [-0.39, 0.29) is 41.1 Å². The Labute approximate surface area is 195 Å². The van der Waals surface area contributed by atoms with Gasteiger partial charge in [-0.05, 0) is 29.8 Å². The summed E-state index contributed by atoms with van der Waals surface area (Å²) < 4.78 is 11.8. The number of ether oxygens (including phenoxy) is 1. The molecule has 1 heterocycles. The van der Waals surface area contributed by atoms with Gasteiger partial charge < -0.3 is 31.5 Å². The lowest BCUT2D eigenvalue weighted by molar-refractivity contribution is -0.118. The summed E-state index contributed by atoms with van der Waals surface area (Å²) in [6, 6.07) is 17.9. The van der Waals surface area contributed by atoms with E-state index in [4.69, 9.17) is 26.4 Å². The second kappa shape index (κ2) is 9.58. The Hall–Kier alpha value is -4.46. The third kappa shape index (κ3) is 4.80. The number of ketones is 1. The number of benzene rings is 3. The van der Waals surface area contributed by atoms with Crippen LogP contribution in [0.25, 0.3) is 11.0 Å². The second-order valence-electron chi connectivity index (χ2n) is 7.94. The number of fused-ring (bicyclic) bond motifs is 1. The summed E-state index contributed by atoms with van der Waals surface area (Å²) in [6.07, 6.45) is 0.910. The third-order valence-electron chi connectivity index (χ3n) is 5.49. The molecule has 0 unspecified atom stereocenters. The number of anilines is 2. The fourth-order valence-corrected chi connectivity index (χ4v) is 3.77. The first-order chi connectivity index (χ1) is 16.3. The van der Waals surface area contributed by atoms with Gasteiger partial charge in [0.15, 0.2) is 11.5 Å². The normalized spacial score (nSPS) is 10.9. The highest BCUT2D eigenvalue weighted by molar-refractivity contribution is 6.17. The number of aromatic hydroxyl groups is 1. The Morgan fingerprint density at radius 2 is 1.65 bits per heavy atom. The van der Waals surface area contributed by atoms with Crippen LogP contribution in [-0.4, -0.2) is 23.4 Å². The molecule has 0 aliphatic heterocycles. The van der Waals surface area contributed by atoms with Gasteiger partial charge in [0.05, 0.1) is 23.5 Å². The van der Waals surface area contributed by atoms with Crippen molar-refractivity contribution in [2.24, 2.45) is 5.73 Å². The highest BCUT2D eigenvalue weighted by Crippen LogP contribution is 2.34. The van der Waals surface area contributed by atoms with Crippen molar-refractivity contribution in [3.63, 3.8) is 0 Å². The van der Waals surface area contributed by atoms with Gasteiger partial charge in [-0.25, -0.2) is 0 Å². The van der Waals surface area contributed by atoms with Crippen LogP contribution < -0.4 is 21.9 Å². The van der Waals surface area contributed by atoms with Crippen LogP contribution in [0.1, 0.15) is 33.7 Å². The van der Waals surface area contributed by atoms with E-state index in [1.807, 2.05) is 30.3 Å². The zero-order valence-corrected chi connectivity index (χ0v) is 18.4. The van der Waals surface area contributed by atoms with E-state index in [9.17, 15) is 14.7 Å². The molecule has 0 bridgehead atoms. The molecule has 8 heteroatoms. The fourth-order valence-electron chi connectivity index (χ4n) is 3.77. The maximum absolute atomic E-state index is 13.4. The minimum Gasteiger partial charge on any atom is -0.504 e. The van der Waals surface area contributed by atoms with E-state index in [2.05, 4.69) is 0 Å². The number of nitrogens with two attached hydrogens (primary N) is 3. The molecule has 0 aliphatic carbocycles. The van der Waals surface area contributed by atoms with E-state index >= 15 is 0 Å². The molecule has 0 atom stereocenters. The van der Waals surface area contributed by atoms with Crippen LogP contribution in [-0.2, 0) is 17.6 Å². The lowest BCUT2D eigenvalue weighted by Crippen LogP contribution is -2.12. The van der Waals surface area contributed by atoms with E-state index in [1.165, 1.54) is 12.1 Å². The zero-order valence-electron chi connectivity index (χ0n) is 18.4. The predicted octanol–water partition coefficient (Wildman–Crippen LogP) is 3.57. The number of furan rings is 1. The number of carbonyl (C=O) groups is 2. The molecule has 0 fully saturated rings. The molecule has 174 valence electrons. The molecule has 3 aromatic carbocycles. The number of amides is 1. The van der Waals surface area contributed by atoms with Crippen LogP contribution in [0.15, 0.2) is 65.1 Å². The number of carbonyl (C=O) groups excluding carboxylic acids is 2. The summed E-state index contributed by atoms with van der Waals surface area (Å²) in [4.78, 5) is 24.8. The molecular weight excluding hydrogens is 434 g/mol. The van der Waals surface area contributed by atoms with Crippen molar-refractivity contribution in [3.8, 4) is 11.5 Å². The molecule has 0 spiro atoms.